The van der Waals surface area contributed by atoms with Crippen LogP contribution in [0.15, 0.2) is 24.4 Å². The summed E-state index contributed by atoms with van der Waals surface area (Å²) < 4.78 is 7.38. The maximum Gasteiger partial charge on any atom is 0.242 e. The van der Waals surface area contributed by atoms with Gasteiger partial charge in [-0.05, 0) is 43.9 Å². The first kappa shape index (κ1) is 16.6. The van der Waals surface area contributed by atoms with E-state index >= 15 is 0 Å². The monoisotopic (exact) mass is 328 g/mol. The summed E-state index contributed by atoms with van der Waals surface area (Å²) in [6.07, 6.45) is 4.73. The maximum absolute atomic E-state index is 12.6. The highest BCUT2D eigenvalue weighted by Gasteiger charge is 2.21. The average Bonchev–Trinajstić information content (AvgIpc) is 2.93. The number of nitrogens with zero attached hydrogens (tertiary/aromatic N) is 2. The van der Waals surface area contributed by atoms with Gasteiger partial charge in [-0.3, -0.25) is 9.59 Å². The van der Waals surface area contributed by atoms with Crippen molar-refractivity contribution in [2.24, 2.45) is 5.92 Å². The maximum atomic E-state index is 12.6. The number of carbonyl (C=O) groups is 2. The van der Waals surface area contributed by atoms with E-state index < -0.39 is 0 Å². The summed E-state index contributed by atoms with van der Waals surface area (Å²) in [5.74, 6) is 1.55. The van der Waals surface area contributed by atoms with Gasteiger partial charge in [-0.2, -0.15) is 0 Å². The molecule has 1 saturated heterocycles. The van der Waals surface area contributed by atoms with Gasteiger partial charge in [0.1, 0.15) is 12.3 Å². The van der Waals surface area contributed by atoms with Gasteiger partial charge in [0, 0.05) is 35.8 Å². The molecule has 0 aliphatic carbocycles. The zero-order chi connectivity index (χ0) is 17.1. The number of rotatable bonds is 5. The number of hydrogen-bond acceptors (Lipinski definition) is 3. The Bertz CT molecular complexity index is 742. The quantitative estimate of drug-likeness (QED) is 0.793. The van der Waals surface area contributed by atoms with E-state index in [2.05, 4.69) is 6.92 Å². The molecule has 0 spiro atoms. The number of ether oxygens (including phenoxy) is 1. The Morgan fingerprint density at radius 2 is 2.08 bits per heavy atom. The van der Waals surface area contributed by atoms with Crippen LogP contribution in [0.2, 0.25) is 0 Å². The van der Waals surface area contributed by atoms with E-state index in [9.17, 15) is 9.59 Å². The van der Waals surface area contributed by atoms with Crippen LogP contribution in [-0.2, 0) is 11.3 Å². The molecule has 0 N–H and O–H groups in total. The lowest BCUT2D eigenvalue weighted by atomic mass is 9.99. The van der Waals surface area contributed by atoms with Gasteiger partial charge in [0.05, 0.1) is 6.61 Å². The number of amides is 1. The Morgan fingerprint density at radius 1 is 1.33 bits per heavy atom. The second-order valence-corrected chi connectivity index (χ2v) is 6.51. The SMILES string of the molecule is CCOc1ccc2c(c1)c(C=O)cn2CC(=O)N1CCC(C)CC1. The molecule has 0 bridgehead atoms. The van der Waals surface area contributed by atoms with E-state index in [-0.39, 0.29) is 12.5 Å². The first-order chi connectivity index (χ1) is 11.6. The second kappa shape index (κ2) is 7.07. The highest BCUT2D eigenvalue weighted by molar-refractivity contribution is 5.98. The molecule has 1 aliphatic rings. The molecular weight excluding hydrogens is 304 g/mol. The molecule has 0 unspecified atom stereocenters. The summed E-state index contributed by atoms with van der Waals surface area (Å²) >= 11 is 0. The Hall–Kier alpha value is -2.30. The van der Waals surface area contributed by atoms with Crippen LogP contribution in [0.4, 0.5) is 0 Å². The molecule has 1 aromatic heterocycles. The van der Waals surface area contributed by atoms with Crippen molar-refractivity contribution in [3.8, 4) is 5.75 Å². The largest absolute Gasteiger partial charge is 0.494 e. The van der Waals surface area contributed by atoms with Crippen LogP contribution in [0.25, 0.3) is 10.9 Å². The van der Waals surface area contributed by atoms with Gasteiger partial charge in [0.25, 0.3) is 0 Å². The Morgan fingerprint density at radius 3 is 2.75 bits per heavy atom. The van der Waals surface area contributed by atoms with Crippen molar-refractivity contribution in [3.05, 3.63) is 30.0 Å². The fraction of sp³-hybridized carbons (Fsp3) is 0.474. The Labute approximate surface area is 142 Å². The first-order valence-electron chi connectivity index (χ1n) is 8.61. The van der Waals surface area contributed by atoms with Crippen LogP contribution in [0.3, 0.4) is 0 Å². The fourth-order valence-electron chi connectivity index (χ4n) is 3.29. The molecule has 2 heterocycles. The highest BCUT2D eigenvalue weighted by atomic mass is 16.5. The first-order valence-corrected chi connectivity index (χ1v) is 8.61. The molecule has 1 amide bonds. The van der Waals surface area contributed by atoms with Crippen LogP contribution in [0.1, 0.15) is 37.0 Å². The molecule has 3 rings (SSSR count). The van der Waals surface area contributed by atoms with Crippen LogP contribution < -0.4 is 4.74 Å². The van der Waals surface area contributed by atoms with Gasteiger partial charge in [0.2, 0.25) is 5.91 Å². The molecule has 0 saturated carbocycles. The van der Waals surface area contributed by atoms with E-state index in [0.29, 0.717) is 18.1 Å². The predicted molar refractivity (Wildman–Crippen MR) is 93.5 cm³/mol. The van der Waals surface area contributed by atoms with E-state index in [1.165, 1.54) is 0 Å². The molecule has 1 fully saturated rings. The number of piperidine rings is 1. The van der Waals surface area contributed by atoms with Crippen LogP contribution in [0, 0.1) is 5.92 Å². The zero-order valence-corrected chi connectivity index (χ0v) is 14.3. The van der Waals surface area contributed by atoms with E-state index in [1.807, 2.05) is 34.6 Å². The lowest BCUT2D eigenvalue weighted by Gasteiger charge is -2.30. The minimum atomic E-state index is 0.116. The van der Waals surface area contributed by atoms with Crippen molar-refractivity contribution in [3.63, 3.8) is 0 Å². The van der Waals surface area contributed by atoms with Crippen LogP contribution in [0.5, 0.6) is 5.75 Å². The van der Waals surface area contributed by atoms with Crippen molar-refractivity contribution >= 4 is 23.1 Å². The van der Waals surface area contributed by atoms with Crippen LogP contribution in [-0.4, -0.2) is 41.4 Å². The molecule has 1 aromatic carbocycles. The van der Waals surface area contributed by atoms with E-state index in [0.717, 1.165) is 48.9 Å². The molecule has 2 aromatic rings. The molecule has 0 radical (unpaired) electrons. The number of benzene rings is 1. The molecule has 128 valence electrons. The number of aldehydes is 1. The summed E-state index contributed by atoms with van der Waals surface area (Å²) in [7, 11) is 0. The number of fused-ring (bicyclic) bond motifs is 1. The lowest BCUT2D eigenvalue weighted by Crippen LogP contribution is -2.39. The summed E-state index contributed by atoms with van der Waals surface area (Å²) in [4.78, 5) is 25.9. The van der Waals surface area contributed by atoms with Gasteiger partial charge in [0.15, 0.2) is 6.29 Å². The third kappa shape index (κ3) is 3.30. The normalized spacial score (nSPS) is 15.7. The van der Waals surface area contributed by atoms with Crippen molar-refractivity contribution in [2.75, 3.05) is 19.7 Å². The van der Waals surface area contributed by atoms with Gasteiger partial charge >= 0.3 is 0 Å². The Kier molecular flexibility index (Phi) is 4.88. The zero-order valence-electron chi connectivity index (χ0n) is 14.3. The van der Waals surface area contributed by atoms with E-state index in [1.54, 1.807) is 6.20 Å². The lowest BCUT2D eigenvalue weighted by molar-refractivity contribution is -0.133. The fourth-order valence-corrected chi connectivity index (χ4v) is 3.29. The van der Waals surface area contributed by atoms with Crippen molar-refractivity contribution in [1.29, 1.82) is 0 Å². The van der Waals surface area contributed by atoms with Gasteiger partial charge in [-0.25, -0.2) is 0 Å². The minimum Gasteiger partial charge on any atom is -0.494 e. The third-order valence-electron chi connectivity index (χ3n) is 4.76. The molecule has 0 atom stereocenters. The molecule has 5 nitrogen and oxygen atoms in total. The smallest absolute Gasteiger partial charge is 0.242 e. The summed E-state index contributed by atoms with van der Waals surface area (Å²) in [6, 6.07) is 5.66. The molecule has 1 aliphatic heterocycles. The standard InChI is InChI=1S/C19H24N2O3/c1-3-24-16-4-5-18-17(10-16)15(13-22)11-21(18)12-19(23)20-8-6-14(2)7-9-20/h4-5,10-11,13-14H,3,6-9,12H2,1-2H3. The topological polar surface area (TPSA) is 51.5 Å². The van der Waals surface area contributed by atoms with Crippen molar-refractivity contribution in [2.45, 2.75) is 33.2 Å². The van der Waals surface area contributed by atoms with Crippen LogP contribution >= 0.6 is 0 Å². The van der Waals surface area contributed by atoms with Gasteiger partial charge < -0.3 is 14.2 Å². The van der Waals surface area contributed by atoms with E-state index in [4.69, 9.17) is 4.74 Å². The number of hydrogen-bond donors (Lipinski definition) is 0. The molecule has 5 heteroatoms. The average molecular weight is 328 g/mol. The number of carbonyl (C=O) groups excluding carboxylic acids is 2. The highest BCUT2D eigenvalue weighted by Crippen LogP contribution is 2.26. The summed E-state index contributed by atoms with van der Waals surface area (Å²) in [5, 5.41) is 0.830. The molecule has 24 heavy (non-hydrogen) atoms. The van der Waals surface area contributed by atoms with Crippen molar-refractivity contribution < 1.29 is 14.3 Å². The Balaban J connectivity index is 1.84. The summed E-state index contributed by atoms with van der Waals surface area (Å²) in [5.41, 5.74) is 1.48. The van der Waals surface area contributed by atoms with Gasteiger partial charge in [-0.1, -0.05) is 6.92 Å². The molecular formula is C19H24N2O3. The second-order valence-electron chi connectivity index (χ2n) is 6.51. The van der Waals surface area contributed by atoms with Crippen molar-refractivity contribution in [1.82, 2.24) is 9.47 Å². The van der Waals surface area contributed by atoms with Gasteiger partial charge in [-0.15, -0.1) is 0 Å². The number of aromatic nitrogens is 1. The summed E-state index contributed by atoms with van der Waals surface area (Å²) in [6.45, 7) is 6.66. The predicted octanol–water partition coefficient (Wildman–Crippen LogP) is 3.11. The number of likely N-dealkylation sites (tertiary alicyclic amines) is 1. The minimum absolute atomic E-state index is 0.116. The third-order valence-corrected chi connectivity index (χ3v) is 4.76.